The standard InChI is InChI=1S/C24H24ClN3O/c25-22-7-2-1-5-21(22)16-28-13-10-24(17-28,23(26)29)15-18-4-3-6-20(14-18)19-8-11-27-12-9-19/h1-9,11-12,14H,10,13,15-17H2,(H2,26,29)/t24-/m1/s1. The van der Waals surface area contributed by atoms with Crippen molar-refractivity contribution < 1.29 is 4.79 Å². The molecular formula is C24H24ClN3O. The summed E-state index contributed by atoms with van der Waals surface area (Å²) in [4.78, 5) is 18.9. The van der Waals surface area contributed by atoms with Gasteiger partial charge in [-0.1, -0.05) is 54.1 Å². The second-order valence-corrected chi connectivity index (χ2v) is 8.22. The molecule has 1 aliphatic heterocycles. The molecule has 3 aromatic rings. The highest BCUT2D eigenvalue weighted by Crippen LogP contribution is 2.36. The van der Waals surface area contributed by atoms with E-state index in [1.54, 1.807) is 12.4 Å². The summed E-state index contributed by atoms with van der Waals surface area (Å²) in [6, 6.07) is 20.2. The third-order valence-electron chi connectivity index (χ3n) is 5.79. The van der Waals surface area contributed by atoms with Gasteiger partial charge in [0, 0.05) is 30.5 Å². The lowest BCUT2D eigenvalue weighted by atomic mass is 9.79. The van der Waals surface area contributed by atoms with Crippen LogP contribution in [0.1, 0.15) is 17.5 Å². The number of pyridine rings is 1. The maximum Gasteiger partial charge on any atom is 0.225 e. The molecule has 0 saturated carbocycles. The van der Waals surface area contributed by atoms with Gasteiger partial charge in [-0.15, -0.1) is 0 Å². The van der Waals surface area contributed by atoms with Crippen molar-refractivity contribution in [1.82, 2.24) is 9.88 Å². The molecule has 1 atom stereocenters. The molecule has 4 rings (SSSR count). The van der Waals surface area contributed by atoms with E-state index < -0.39 is 5.41 Å². The fourth-order valence-corrected chi connectivity index (χ4v) is 4.38. The highest BCUT2D eigenvalue weighted by Gasteiger charge is 2.43. The molecule has 1 amide bonds. The highest BCUT2D eigenvalue weighted by molar-refractivity contribution is 6.31. The monoisotopic (exact) mass is 405 g/mol. The van der Waals surface area contributed by atoms with Crippen molar-refractivity contribution in [2.45, 2.75) is 19.4 Å². The second kappa shape index (κ2) is 8.36. The predicted octanol–water partition coefficient (Wildman–Crippen LogP) is 4.32. The number of primary amides is 1. The Morgan fingerprint density at radius 3 is 2.62 bits per heavy atom. The van der Waals surface area contributed by atoms with E-state index in [2.05, 4.69) is 28.1 Å². The van der Waals surface area contributed by atoms with E-state index in [1.807, 2.05) is 42.5 Å². The Morgan fingerprint density at radius 2 is 1.86 bits per heavy atom. The lowest BCUT2D eigenvalue weighted by molar-refractivity contribution is -0.127. The van der Waals surface area contributed by atoms with Crippen LogP contribution in [0.3, 0.4) is 0 Å². The van der Waals surface area contributed by atoms with Crippen molar-refractivity contribution in [3.05, 3.63) is 89.2 Å². The molecule has 5 heteroatoms. The highest BCUT2D eigenvalue weighted by atomic mass is 35.5. The van der Waals surface area contributed by atoms with Gasteiger partial charge >= 0.3 is 0 Å². The molecule has 2 aromatic carbocycles. The normalized spacial score (nSPS) is 19.3. The number of hydrogen-bond donors (Lipinski definition) is 1. The summed E-state index contributed by atoms with van der Waals surface area (Å²) in [6.07, 6.45) is 4.97. The Hall–Kier alpha value is -2.69. The largest absolute Gasteiger partial charge is 0.369 e. The number of halogens is 1. The summed E-state index contributed by atoms with van der Waals surface area (Å²) >= 11 is 6.32. The van der Waals surface area contributed by atoms with Crippen molar-refractivity contribution in [3.8, 4) is 11.1 Å². The zero-order valence-corrected chi connectivity index (χ0v) is 17.0. The molecule has 1 fully saturated rings. The third kappa shape index (κ3) is 4.34. The van der Waals surface area contributed by atoms with Crippen LogP contribution in [0.25, 0.3) is 11.1 Å². The maximum absolute atomic E-state index is 12.5. The molecule has 2 N–H and O–H groups in total. The molecule has 0 aliphatic carbocycles. The number of carbonyl (C=O) groups is 1. The Bertz CT molecular complexity index is 1010. The van der Waals surface area contributed by atoms with Crippen LogP contribution in [0, 0.1) is 5.41 Å². The van der Waals surface area contributed by atoms with E-state index in [-0.39, 0.29) is 5.91 Å². The van der Waals surface area contributed by atoms with E-state index in [0.717, 1.165) is 46.8 Å². The first-order chi connectivity index (χ1) is 14.1. The fourth-order valence-electron chi connectivity index (χ4n) is 4.19. The molecule has 4 nitrogen and oxygen atoms in total. The molecule has 0 spiro atoms. The summed E-state index contributed by atoms with van der Waals surface area (Å²) in [5, 5.41) is 0.758. The van der Waals surface area contributed by atoms with Crippen molar-refractivity contribution in [2.24, 2.45) is 11.1 Å². The number of likely N-dealkylation sites (tertiary alicyclic amines) is 1. The number of hydrogen-bond acceptors (Lipinski definition) is 3. The zero-order valence-electron chi connectivity index (χ0n) is 16.2. The average Bonchev–Trinajstić information content (AvgIpc) is 3.14. The number of aromatic nitrogens is 1. The SMILES string of the molecule is NC(=O)[C@@]1(Cc2cccc(-c3ccncc3)c2)CCN(Cc2ccccc2Cl)C1. The Kier molecular flexibility index (Phi) is 5.65. The van der Waals surface area contributed by atoms with Crippen LogP contribution < -0.4 is 5.73 Å². The minimum atomic E-state index is -0.557. The molecule has 29 heavy (non-hydrogen) atoms. The van der Waals surface area contributed by atoms with Gasteiger partial charge in [-0.2, -0.15) is 0 Å². The maximum atomic E-state index is 12.5. The minimum Gasteiger partial charge on any atom is -0.369 e. The van der Waals surface area contributed by atoms with Crippen LogP contribution in [-0.4, -0.2) is 28.9 Å². The molecule has 1 aromatic heterocycles. The van der Waals surface area contributed by atoms with Gasteiger partial charge in [-0.05, 0) is 59.8 Å². The fraction of sp³-hybridized carbons (Fsp3) is 0.250. The quantitative estimate of drug-likeness (QED) is 0.664. The number of benzene rings is 2. The molecule has 0 unspecified atom stereocenters. The van der Waals surface area contributed by atoms with Crippen LogP contribution in [0.4, 0.5) is 0 Å². The Balaban J connectivity index is 1.53. The van der Waals surface area contributed by atoms with Gasteiger partial charge in [0.1, 0.15) is 0 Å². The van der Waals surface area contributed by atoms with Gasteiger partial charge in [0.2, 0.25) is 5.91 Å². The van der Waals surface area contributed by atoms with E-state index in [1.165, 1.54) is 0 Å². The van der Waals surface area contributed by atoms with E-state index in [4.69, 9.17) is 17.3 Å². The minimum absolute atomic E-state index is 0.228. The van der Waals surface area contributed by atoms with Crippen LogP contribution in [0.15, 0.2) is 73.1 Å². The van der Waals surface area contributed by atoms with Crippen LogP contribution in [0.5, 0.6) is 0 Å². The van der Waals surface area contributed by atoms with Gasteiger partial charge in [0.25, 0.3) is 0 Å². The molecule has 1 saturated heterocycles. The average molecular weight is 406 g/mol. The topological polar surface area (TPSA) is 59.2 Å². The lowest BCUT2D eigenvalue weighted by Gasteiger charge is -2.26. The van der Waals surface area contributed by atoms with Crippen molar-refractivity contribution >= 4 is 17.5 Å². The van der Waals surface area contributed by atoms with Crippen molar-refractivity contribution in [2.75, 3.05) is 13.1 Å². The molecule has 0 radical (unpaired) electrons. The van der Waals surface area contributed by atoms with Crippen LogP contribution in [-0.2, 0) is 17.8 Å². The third-order valence-corrected chi connectivity index (χ3v) is 6.16. The van der Waals surface area contributed by atoms with Crippen LogP contribution >= 0.6 is 11.6 Å². The number of rotatable bonds is 6. The van der Waals surface area contributed by atoms with E-state index >= 15 is 0 Å². The van der Waals surface area contributed by atoms with Crippen molar-refractivity contribution in [3.63, 3.8) is 0 Å². The first kappa shape index (κ1) is 19.6. The molecule has 0 bridgehead atoms. The van der Waals surface area contributed by atoms with E-state index in [9.17, 15) is 4.79 Å². The van der Waals surface area contributed by atoms with Gasteiger partial charge in [-0.3, -0.25) is 14.7 Å². The molecule has 148 valence electrons. The number of nitrogens with zero attached hydrogens (tertiary/aromatic N) is 2. The van der Waals surface area contributed by atoms with E-state index in [0.29, 0.717) is 13.0 Å². The summed E-state index contributed by atoms with van der Waals surface area (Å²) < 4.78 is 0. The summed E-state index contributed by atoms with van der Waals surface area (Å²) in [5.41, 5.74) is 9.79. The van der Waals surface area contributed by atoms with Gasteiger partial charge in [0.05, 0.1) is 5.41 Å². The summed E-state index contributed by atoms with van der Waals surface area (Å²) in [7, 11) is 0. The number of nitrogens with two attached hydrogens (primary N) is 1. The Morgan fingerprint density at radius 1 is 1.07 bits per heavy atom. The lowest BCUT2D eigenvalue weighted by Crippen LogP contribution is -2.41. The number of carbonyl (C=O) groups excluding carboxylic acids is 1. The summed E-state index contributed by atoms with van der Waals surface area (Å²) in [5.74, 6) is -0.228. The first-order valence-electron chi connectivity index (χ1n) is 9.81. The number of amides is 1. The Labute approximate surface area is 176 Å². The van der Waals surface area contributed by atoms with Crippen LogP contribution in [0.2, 0.25) is 5.02 Å². The van der Waals surface area contributed by atoms with Gasteiger partial charge in [0.15, 0.2) is 0 Å². The molecule has 2 heterocycles. The zero-order chi connectivity index (χ0) is 20.3. The van der Waals surface area contributed by atoms with Gasteiger partial charge < -0.3 is 5.73 Å². The smallest absolute Gasteiger partial charge is 0.225 e. The predicted molar refractivity (Wildman–Crippen MR) is 116 cm³/mol. The molecule has 1 aliphatic rings. The molecular weight excluding hydrogens is 382 g/mol. The first-order valence-corrected chi connectivity index (χ1v) is 10.2. The summed E-state index contributed by atoms with van der Waals surface area (Å²) in [6.45, 7) is 2.21. The van der Waals surface area contributed by atoms with Crippen molar-refractivity contribution in [1.29, 1.82) is 0 Å². The second-order valence-electron chi connectivity index (χ2n) is 7.81. The van der Waals surface area contributed by atoms with Gasteiger partial charge in [-0.25, -0.2) is 0 Å².